The average molecular weight is 343 g/mol. The standard InChI is InChI=1S/C17H17N3O3S/c1-13-8-10-14(11-9-13)17-18-16(23-19-17)12-20(2)24(21,22)15-6-4-3-5-7-15/h3-11H,12H2,1-2H3. The maximum absolute atomic E-state index is 12.5. The van der Waals surface area contributed by atoms with Crippen LogP contribution in [0.15, 0.2) is 64.0 Å². The van der Waals surface area contributed by atoms with Crippen LogP contribution in [0.3, 0.4) is 0 Å². The molecule has 1 aromatic heterocycles. The minimum absolute atomic E-state index is 0.0100. The lowest BCUT2D eigenvalue weighted by Gasteiger charge is -2.14. The van der Waals surface area contributed by atoms with Gasteiger partial charge in [0.1, 0.15) is 0 Å². The first-order chi connectivity index (χ1) is 11.5. The molecule has 0 saturated carbocycles. The molecule has 0 amide bonds. The first-order valence-corrected chi connectivity index (χ1v) is 8.82. The monoisotopic (exact) mass is 343 g/mol. The molecule has 0 saturated heterocycles. The molecule has 0 fully saturated rings. The van der Waals surface area contributed by atoms with Crippen molar-refractivity contribution in [1.82, 2.24) is 14.4 Å². The summed E-state index contributed by atoms with van der Waals surface area (Å²) in [6, 6.07) is 15.9. The van der Waals surface area contributed by atoms with Gasteiger partial charge in [0.05, 0.1) is 11.4 Å². The summed E-state index contributed by atoms with van der Waals surface area (Å²) < 4.78 is 31.3. The predicted octanol–water partition coefficient (Wildman–Crippen LogP) is 2.87. The van der Waals surface area contributed by atoms with E-state index in [2.05, 4.69) is 10.1 Å². The van der Waals surface area contributed by atoms with Crippen molar-refractivity contribution < 1.29 is 12.9 Å². The van der Waals surface area contributed by atoms with E-state index in [4.69, 9.17) is 4.52 Å². The van der Waals surface area contributed by atoms with Crippen molar-refractivity contribution in [2.24, 2.45) is 0 Å². The van der Waals surface area contributed by atoms with Crippen LogP contribution in [0.1, 0.15) is 11.5 Å². The third-order valence-corrected chi connectivity index (χ3v) is 5.40. The highest BCUT2D eigenvalue weighted by molar-refractivity contribution is 7.89. The van der Waals surface area contributed by atoms with Crippen molar-refractivity contribution in [2.75, 3.05) is 7.05 Å². The van der Waals surface area contributed by atoms with E-state index in [1.807, 2.05) is 31.2 Å². The SMILES string of the molecule is Cc1ccc(-c2noc(CN(C)S(=O)(=O)c3ccccc3)n2)cc1. The van der Waals surface area contributed by atoms with E-state index in [0.717, 1.165) is 11.1 Å². The van der Waals surface area contributed by atoms with Crippen molar-refractivity contribution in [3.8, 4) is 11.4 Å². The van der Waals surface area contributed by atoms with Crippen LogP contribution in [0.4, 0.5) is 0 Å². The molecule has 1 heterocycles. The predicted molar refractivity (Wildman–Crippen MR) is 89.6 cm³/mol. The number of rotatable bonds is 5. The summed E-state index contributed by atoms with van der Waals surface area (Å²) in [5, 5.41) is 3.92. The molecular weight excluding hydrogens is 326 g/mol. The van der Waals surface area contributed by atoms with Gasteiger partial charge in [0.25, 0.3) is 0 Å². The smallest absolute Gasteiger partial charge is 0.243 e. The van der Waals surface area contributed by atoms with Crippen LogP contribution >= 0.6 is 0 Å². The summed E-state index contributed by atoms with van der Waals surface area (Å²) in [5.74, 6) is 0.683. The average Bonchev–Trinajstić information content (AvgIpc) is 3.04. The lowest BCUT2D eigenvalue weighted by Crippen LogP contribution is -2.26. The van der Waals surface area contributed by atoms with Gasteiger partial charge in [-0.15, -0.1) is 0 Å². The maximum Gasteiger partial charge on any atom is 0.243 e. The van der Waals surface area contributed by atoms with Crippen LogP contribution in [0.2, 0.25) is 0 Å². The summed E-state index contributed by atoms with van der Waals surface area (Å²) in [6.45, 7) is 2.00. The Bertz CT molecular complexity index is 919. The molecule has 3 rings (SSSR count). The minimum atomic E-state index is -3.59. The summed E-state index contributed by atoms with van der Waals surface area (Å²) in [6.07, 6.45) is 0. The van der Waals surface area contributed by atoms with E-state index in [1.54, 1.807) is 30.3 Å². The highest BCUT2D eigenvalue weighted by Crippen LogP contribution is 2.19. The Kier molecular flexibility index (Phi) is 4.46. The number of aryl methyl sites for hydroxylation is 1. The second kappa shape index (κ2) is 6.54. The molecule has 0 N–H and O–H groups in total. The molecular formula is C17H17N3O3S. The van der Waals surface area contributed by atoms with Gasteiger partial charge in [-0.3, -0.25) is 0 Å². The minimum Gasteiger partial charge on any atom is -0.338 e. The van der Waals surface area contributed by atoms with Gasteiger partial charge in [0.15, 0.2) is 0 Å². The van der Waals surface area contributed by atoms with Gasteiger partial charge in [0.2, 0.25) is 21.7 Å². The number of aromatic nitrogens is 2. The van der Waals surface area contributed by atoms with Crippen molar-refractivity contribution in [1.29, 1.82) is 0 Å². The molecule has 7 heteroatoms. The normalized spacial score (nSPS) is 11.8. The van der Waals surface area contributed by atoms with Gasteiger partial charge in [-0.2, -0.15) is 9.29 Å². The first kappa shape index (κ1) is 16.4. The van der Waals surface area contributed by atoms with E-state index in [9.17, 15) is 8.42 Å². The Morgan fingerprint density at radius 1 is 1.04 bits per heavy atom. The molecule has 0 atom stereocenters. The maximum atomic E-state index is 12.5. The van der Waals surface area contributed by atoms with Crippen LogP contribution in [-0.2, 0) is 16.6 Å². The first-order valence-electron chi connectivity index (χ1n) is 7.38. The number of nitrogens with zero attached hydrogens (tertiary/aromatic N) is 3. The third kappa shape index (κ3) is 3.37. The second-order valence-corrected chi connectivity index (χ2v) is 7.50. The van der Waals surface area contributed by atoms with Crippen molar-refractivity contribution in [3.63, 3.8) is 0 Å². The Morgan fingerprint density at radius 3 is 2.38 bits per heavy atom. The fraction of sp³-hybridized carbons (Fsp3) is 0.176. The Morgan fingerprint density at radius 2 is 1.71 bits per heavy atom. The molecule has 24 heavy (non-hydrogen) atoms. The molecule has 0 aliphatic heterocycles. The number of hydrogen-bond donors (Lipinski definition) is 0. The lowest BCUT2D eigenvalue weighted by atomic mass is 10.1. The van der Waals surface area contributed by atoms with Gasteiger partial charge in [0, 0.05) is 12.6 Å². The van der Waals surface area contributed by atoms with Crippen LogP contribution in [-0.4, -0.2) is 29.9 Å². The van der Waals surface area contributed by atoms with E-state index >= 15 is 0 Å². The molecule has 2 aromatic carbocycles. The second-order valence-electron chi connectivity index (χ2n) is 5.45. The van der Waals surface area contributed by atoms with Crippen LogP contribution in [0, 0.1) is 6.92 Å². The zero-order chi connectivity index (χ0) is 17.2. The summed E-state index contributed by atoms with van der Waals surface area (Å²) >= 11 is 0. The highest BCUT2D eigenvalue weighted by Gasteiger charge is 2.22. The van der Waals surface area contributed by atoms with E-state index in [-0.39, 0.29) is 17.3 Å². The van der Waals surface area contributed by atoms with E-state index < -0.39 is 10.0 Å². The fourth-order valence-electron chi connectivity index (χ4n) is 2.19. The van der Waals surface area contributed by atoms with Gasteiger partial charge < -0.3 is 4.52 Å². The zero-order valence-corrected chi connectivity index (χ0v) is 14.2. The zero-order valence-electron chi connectivity index (χ0n) is 13.4. The van der Waals surface area contributed by atoms with Crippen molar-refractivity contribution in [2.45, 2.75) is 18.4 Å². The molecule has 0 radical (unpaired) electrons. The van der Waals surface area contributed by atoms with Crippen LogP contribution in [0.25, 0.3) is 11.4 Å². The summed E-state index contributed by atoms with van der Waals surface area (Å²) in [5.41, 5.74) is 1.96. The van der Waals surface area contributed by atoms with E-state index in [0.29, 0.717) is 5.82 Å². The van der Waals surface area contributed by atoms with Crippen molar-refractivity contribution >= 4 is 10.0 Å². The molecule has 0 spiro atoms. The van der Waals surface area contributed by atoms with Gasteiger partial charge in [-0.25, -0.2) is 8.42 Å². The lowest BCUT2D eigenvalue weighted by molar-refractivity contribution is 0.337. The summed E-state index contributed by atoms with van der Waals surface area (Å²) in [4.78, 5) is 4.50. The third-order valence-electron chi connectivity index (χ3n) is 3.59. The fourth-order valence-corrected chi connectivity index (χ4v) is 3.33. The molecule has 0 aliphatic rings. The van der Waals surface area contributed by atoms with Gasteiger partial charge in [-0.1, -0.05) is 53.2 Å². The highest BCUT2D eigenvalue weighted by atomic mass is 32.2. The molecule has 6 nitrogen and oxygen atoms in total. The number of sulfonamides is 1. The van der Waals surface area contributed by atoms with Crippen LogP contribution < -0.4 is 0 Å². The number of hydrogen-bond acceptors (Lipinski definition) is 5. The Labute approximate surface area is 140 Å². The molecule has 0 unspecified atom stereocenters. The van der Waals surface area contributed by atoms with Crippen LogP contribution in [0.5, 0.6) is 0 Å². The summed E-state index contributed by atoms with van der Waals surface area (Å²) in [7, 11) is -2.11. The molecule has 124 valence electrons. The van der Waals surface area contributed by atoms with Gasteiger partial charge in [-0.05, 0) is 19.1 Å². The Balaban J connectivity index is 1.78. The van der Waals surface area contributed by atoms with Crippen molar-refractivity contribution in [3.05, 3.63) is 66.1 Å². The van der Waals surface area contributed by atoms with E-state index in [1.165, 1.54) is 11.4 Å². The topological polar surface area (TPSA) is 76.3 Å². The number of benzene rings is 2. The quantitative estimate of drug-likeness (QED) is 0.712. The molecule has 0 aliphatic carbocycles. The van der Waals surface area contributed by atoms with Gasteiger partial charge >= 0.3 is 0 Å². The molecule has 0 bridgehead atoms. The molecule has 3 aromatic rings. The largest absolute Gasteiger partial charge is 0.338 e. The Hall–Kier alpha value is -2.51.